The topological polar surface area (TPSA) is 27.1 Å². The van der Waals surface area contributed by atoms with Gasteiger partial charge in [-0.05, 0) is 52.4 Å². The van der Waals surface area contributed by atoms with Crippen LogP contribution in [0.2, 0.25) is 0 Å². The first-order valence-electron chi connectivity index (χ1n) is 12.0. The summed E-state index contributed by atoms with van der Waals surface area (Å²) in [6.45, 7) is 5.76. The number of imidazole rings is 1. The van der Waals surface area contributed by atoms with Crippen molar-refractivity contribution < 1.29 is 4.74 Å². The highest BCUT2D eigenvalue weighted by atomic mass is 16.5. The summed E-state index contributed by atoms with van der Waals surface area (Å²) in [5.74, 6) is 2.50. The summed E-state index contributed by atoms with van der Waals surface area (Å²) in [6, 6.07) is 36.1. The Hall–Kier alpha value is -3.85. The maximum Gasteiger partial charge on any atom is 0.119 e. The molecule has 0 aliphatic heterocycles. The Bertz CT molecular complexity index is 1350. The van der Waals surface area contributed by atoms with Crippen LogP contribution in [0.4, 0.5) is 0 Å². The zero-order valence-corrected chi connectivity index (χ0v) is 19.8. The van der Waals surface area contributed by atoms with Crippen LogP contribution < -0.4 is 4.74 Å². The molecule has 0 saturated carbocycles. The molecule has 34 heavy (non-hydrogen) atoms. The first kappa shape index (κ1) is 22.0. The highest BCUT2D eigenvalue weighted by Gasteiger charge is 2.12. The van der Waals surface area contributed by atoms with Gasteiger partial charge in [0.1, 0.15) is 18.2 Å². The van der Waals surface area contributed by atoms with Gasteiger partial charge in [-0.3, -0.25) is 0 Å². The lowest BCUT2D eigenvalue weighted by atomic mass is 10.0. The minimum atomic E-state index is 0.524. The SMILES string of the molecule is CC(C)c1ccc(OCCn2c(Cc3ccc(-c4ccccc4)cc3)nc3ccccc32)cc1. The molecule has 0 fully saturated rings. The van der Waals surface area contributed by atoms with Crippen LogP contribution in [0.15, 0.2) is 103 Å². The van der Waals surface area contributed by atoms with Crippen molar-refractivity contribution in [2.45, 2.75) is 32.7 Å². The van der Waals surface area contributed by atoms with Gasteiger partial charge in [0.05, 0.1) is 17.6 Å². The first-order valence-corrected chi connectivity index (χ1v) is 12.0. The molecule has 0 aliphatic carbocycles. The quantitative estimate of drug-likeness (QED) is 0.247. The van der Waals surface area contributed by atoms with Gasteiger partial charge in [-0.25, -0.2) is 4.98 Å². The van der Waals surface area contributed by atoms with Crippen molar-refractivity contribution in [3.8, 4) is 16.9 Å². The second-order valence-electron chi connectivity index (χ2n) is 8.98. The fourth-order valence-electron chi connectivity index (χ4n) is 4.34. The van der Waals surface area contributed by atoms with Gasteiger partial charge in [-0.2, -0.15) is 0 Å². The number of fused-ring (bicyclic) bond motifs is 1. The van der Waals surface area contributed by atoms with E-state index in [0.29, 0.717) is 12.5 Å². The van der Waals surface area contributed by atoms with Crippen molar-refractivity contribution in [3.05, 3.63) is 120 Å². The number of ether oxygens (including phenoxy) is 1. The molecule has 170 valence electrons. The summed E-state index contributed by atoms with van der Waals surface area (Å²) in [6.07, 6.45) is 0.785. The lowest BCUT2D eigenvalue weighted by Crippen LogP contribution is -2.11. The van der Waals surface area contributed by atoms with Crippen molar-refractivity contribution in [1.82, 2.24) is 9.55 Å². The van der Waals surface area contributed by atoms with Crippen LogP contribution in [0.3, 0.4) is 0 Å². The molecule has 0 saturated heterocycles. The molecule has 1 heterocycles. The Morgan fingerprint density at radius 2 is 1.41 bits per heavy atom. The van der Waals surface area contributed by atoms with Crippen molar-refractivity contribution in [3.63, 3.8) is 0 Å². The third-order valence-electron chi connectivity index (χ3n) is 6.29. The van der Waals surface area contributed by atoms with Gasteiger partial charge in [-0.15, -0.1) is 0 Å². The summed E-state index contributed by atoms with van der Waals surface area (Å²) in [4.78, 5) is 4.95. The molecule has 0 atom stereocenters. The summed E-state index contributed by atoms with van der Waals surface area (Å²) < 4.78 is 8.38. The van der Waals surface area contributed by atoms with E-state index in [0.717, 1.165) is 35.6 Å². The van der Waals surface area contributed by atoms with Gasteiger partial charge < -0.3 is 9.30 Å². The molecule has 1 aromatic heterocycles. The maximum absolute atomic E-state index is 6.08. The molecule has 0 unspecified atom stereocenters. The second-order valence-corrected chi connectivity index (χ2v) is 8.98. The Balaban J connectivity index is 1.33. The van der Waals surface area contributed by atoms with Crippen molar-refractivity contribution >= 4 is 11.0 Å². The van der Waals surface area contributed by atoms with Crippen LogP contribution in [0, 0.1) is 0 Å². The highest BCUT2D eigenvalue weighted by molar-refractivity contribution is 5.76. The molecule has 5 aromatic rings. The maximum atomic E-state index is 6.08. The summed E-state index contributed by atoms with van der Waals surface area (Å²) >= 11 is 0. The Morgan fingerprint density at radius 3 is 2.15 bits per heavy atom. The molecule has 0 amide bonds. The summed E-state index contributed by atoms with van der Waals surface area (Å²) in [5, 5.41) is 0. The molecule has 0 N–H and O–H groups in total. The summed E-state index contributed by atoms with van der Waals surface area (Å²) in [5.41, 5.74) is 7.22. The van der Waals surface area contributed by atoms with E-state index in [1.807, 2.05) is 12.1 Å². The lowest BCUT2D eigenvalue weighted by molar-refractivity contribution is 0.298. The molecular formula is C31H30N2O. The molecule has 0 radical (unpaired) electrons. The van der Waals surface area contributed by atoms with Crippen molar-refractivity contribution in [2.75, 3.05) is 6.61 Å². The zero-order chi connectivity index (χ0) is 23.3. The number of hydrogen-bond acceptors (Lipinski definition) is 2. The van der Waals surface area contributed by atoms with Crippen LogP contribution in [0.1, 0.15) is 36.7 Å². The van der Waals surface area contributed by atoms with Gasteiger partial charge in [0.15, 0.2) is 0 Å². The van der Waals surface area contributed by atoms with Gasteiger partial charge in [0, 0.05) is 6.42 Å². The van der Waals surface area contributed by atoms with E-state index in [2.05, 4.69) is 109 Å². The number of nitrogens with zero attached hydrogens (tertiary/aromatic N) is 2. The fourth-order valence-corrected chi connectivity index (χ4v) is 4.34. The van der Waals surface area contributed by atoms with E-state index in [4.69, 9.17) is 9.72 Å². The standard InChI is InChI=1S/C31H30N2O/c1-23(2)25-16-18-28(19-17-25)34-21-20-33-30-11-7-6-10-29(30)32-31(33)22-24-12-14-27(15-13-24)26-8-4-3-5-9-26/h3-19,23H,20-22H2,1-2H3. The molecule has 5 rings (SSSR count). The van der Waals surface area contributed by atoms with Gasteiger partial charge >= 0.3 is 0 Å². The number of aromatic nitrogens is 2. The van der Waals surface area contributed by atoms with Crippen molar-refractivity contribution in [2.24, 2.45) is 0 Å². The molecule has 3 nitrogen and oxygen atoms in total. The molecular weight excluding hydrogens is 416 g/mol. The zero-order valence-electron chi connectivity index (χ0n) is 19.8. The predicted octanol–water partition coefficient (Wildman–Crippen LogP) is 7.50. The Morgan fingerprint density at radius 1 is 0.735 bits per heavy atom. The third kappa shape index (κ3) is 4.89. The van der Waals surface area contributed by atoms with E-state index >= 15 is 0 Å². The van der Waals surface area contributed by atoms with E-state index in [9.17, 15) is 0 Å². The number of hydrogen-bond donors (Lipinski definition) is 0. The minimum absolute atomic E-state index is 0.524. The normalized spacial score (nSPS) is 11.3. The van der Waals surface area contributed by atoms with Crippen LogP contribution in [-0.4, -0.2) is 16.2 Å². The Labute approximate surface area is 201 Å². The molecule has 3 heteroatoms. The molecule has 0 aliphatic rings. The lowest BCUT2D eigenvalue weighted by Gasteiger charge is -2.12. The number of rotatable bonds is 8. The van der Waals surface area contributed by atoms with Crippen LogP contribution in [0.5, 0.6) is 5.75 Å². The average molecular weight is 447 g/mol. The van der Waals surface area contributed by atoms with Crippen LogP contribution in [-0.2, 0) is 13.0 Å². The Kier molecular flexibility index (Phi) is 6.44. The number of benzene rings is 4. The van der Waals surface area contributed by atoms with Gasteiger partial charge in [0.25, 0.3) is 0 Å². The van der Waals surface area contributed by atoms with Gasteiger partial charge in [-0.1, -0.05) is 92.7 Å². The second kappa shape index (κ2) is 9.96. The largest absolute Gasteiger partial charge is 0.492 e. The highest BCUT2D eigenvalue weighted by Crippen LogP contribution is 2.23. The third-order valence-corrected chi connectivity index (χ3v) is 6.29. The van der Waals surface area contributed by atoms with Crippen LogP contribution in [0.25, 0.3) is 22.2 Å². The minimum Gasteiger partial charge on any atom is -0.492 e. The number of para-hydroxylation sites is 2. The van der Waals surface area contributed by atoms with E-state index in [1.165, 1.54) is 22.3 Å². The molecule has 0 bridgehead atoms. The monoisotopic (exact) mass is 446 g/mol. The molecule has 4 aromatic carbocycles. The smallest absolute Gasteiger partial charge is 0.119 e. The van der Waals surface area contributed by atoms with Crippen molar-refractivity contribution in [1.29, 1.82) is 0 Å². The van der Waals surface area contributed by atoms with E-state index < -0.39 is 0 Å². The average Bonchev–Trinajstić information content (AvgIpc) is 3.22. The van der Waals surface area contributed by atoms with E-state index in [1.54, 1.807) is 0 Å². The predicted molar refractivity (Wildman–Crippen MR) is 140 cm³/mol. The van der Waals surface area contributed by atoms with E-state index in [-0.39, 0.29) is 0 Å². The fraction of sp³-hybridized carbons (Fsp3) is 0.194. The molecule has 0 spiro atoms. The van der Waals surface area contributed by atoms with Gasteiger partial charge in [0.2, 0.25) is 0 Å². The first-order chi connectivity index (χ1) is 16.7. The summed E-state index contributed by atoms with van der Waals surface area (Å²) in [7, 11) is 0. The van der Waals surface area contributed by atoms with Crippen LogP contribution >= 0.6 is 0 Å².